The van der Waals surface area contributed by atoms with E-state index in [1.807, 2.05) is 27.7 Å². The van der Waals surface area contributed by atoms with Crippen LogP contribution in [-0.2, 0) is 14.3 Å². The van der Waals surface area contributed by atoms with Gasteiger partial charge in [0.1, 0.15) is 5.60 Å². The molecule has 0 saturated carbocycles. The fourth-order valence-corrected chi connectivity index (χ4v) is 2.33. The van der Waals surface area contributed by atoms with Gasteiger partial charge in [-0.15, -0.1) is 0 Å². The lowest BCUT2D eigenvalue weighted by Crippen LogP contribution is -2.41. The van der Waals surface area contributed by atoms with Gasteiger partial charge >= 0.3 is 12.1 Å². The Morgan fingerprint density at radius 3 is 2.29 bits per heavy atom. The Hall–Kier alpha value is -1.52. The summed E-state index contributed by atoms with van der Waals surface area (Å²) in [6, 6.07) is 0. The molecule has 0 aromatic rings. The van der Waals surface area contributed by atoms with Crippen LogP contribution >= 0.6 is 0 Å². The molecule has 0 aromatic carbocycles. The minimum Gasteiger partial charge on any atom is -0.463 e. The smallest absolute Gasteiger partial charge is 0.410 e. The van der Waals surface area contributed by atoms with Crippen LogP contribution in [0.25, 0.3) is 0 Å². The lowest BCUT2D eigenvalue weighted by Gasteiger charge is -2.33. The van der Waals surface area contributed by atoms with Gasteiger partial charge in [-0.1, -0.05) is 5.57 Å². The summed E-state index contributed by atoms with van der Waals surface area (Å²) in [6.07, 6.45) is 3.01. The van der Waals surface area contributed by atoms with Gasteiger partial charge < -0.3 is 14.4 Å². The first-order valence-electron chi connectivity index (χ1n) is 7.55. The van der Waals surface area contributed by atoms with Gasteiger partial charge in [0.25, 0.3) is 0 Å². The summed E-state index contributed by atoms with van der Waals surface area (Å²) < 4.78 is 10.3. The van der Waals surface area contributed by atoms with E-state index in [4.69, 9.17) is 9.47 Å². The zero-order chi connectivity index (χ0) is 16.0. The third-order valence-corrected chi connectivity index (χ3v) is 3.42. The minimum absolute atomic E-state index is 0.257. The number of carbonyl (C=O) groups excluding carboxylic acids is 2. The van der Waals surface area contributed by atoms with Gasteiger partial charge in [0.2, 0.25) is 0 Å². The Labute approximate surface area is 127 Å². The number of allylic oxidation sites excluding steroid dienone is 1. The molecule has 120 valence electrons. The van der Waals surface area contributed by atoms with Crippen molar-refractivity contribution in [3.63, 3.8) is 0 Å². The SMILES string of the molecule is CCOC(=O)/C=C(\C)C1CCN(C(=O)OC(C)(C)C)CC1. The number of piperidine rings is 1. The highest BCUT2D eigenvalue weighted by molar-refractivity contribution is 5.82. The summed E-state index contributed by atoms with van der Waals surface area (Å²) in [5.74, 6) is 0.0395. The maximum Gasteiger partial charge on any atom is 0.410 e. The van der Waals surface area contributed by atoms with Gasteiger partial charge in [-0.25, -0.2) is 9.59 Å². The summed E-state index contributed by atoms with van der Waals surface area (Å²) in [5, 5.41) is 0. The van der Waals surface area contributed by atoms with Gasteiger partial charge in [-0.3, -0.25) is 0 Å². The van der Waals surface area contributed by atoms with Crippen LogP contribution in [0.5, 0.6) is 0 Å². The molecule has 1 rings (SSSR count). The molecule has 5 heteroatoms. The molecule has 0 aromatic heterocycles. The number of carbonyl (C=O) groups is 2. The Morgan fingerprint density at radius 2 is 1.81 bits per heavy atom. The van der Waals surface area contributed by atoms with E-state index < -0.39 is 5.60 Å². The predicted molar refractivity (Wildman–Crippen MR) is 80.9 cm³/mol. The fraction of sp³-hybridized carbons (Fsp3) is 0.750. The van der Waals surface area contributed by atoms with Crippen molar-refractivity contribution < 1.29 is 19.1 Å². The van der Waals surface area contributed by atoms with E-state index in [-0.39, 0.29) is 12.1 Å². The lowest BCUT2D eigenvalue weighted by molar-refractivity contribution is -0.137. The highest BCUT2D eigenvalue weighted by atomic mass is 16.6. The largest absolute Gasteiger partial charge is 0.463 e. The van der Waals surface area contributed by atoms with E-state index in [9.17, 15) is 9.59 Å². The van der Waals surface area contributed by atoms with Crippen molar-refractivity contribution >= 4 is 12.1 Å². The third kappa shape index (κ3) is 6.19. The lowest BCUT2D eigenvalue weighted by atomic mass is 9.90. The molecule has 0 spiro atoms. The van der Waals surface area contributed by atoms with Crippen molar-refractivity contribution in [2.24, 2.45) is 5.92 Å². The van der Waals surface area contributed by atoms with E-state index in [1.54, 1.807) is 17.9 Å². The fourth-order valence-electron chi connectivity index (χ4n) is 2.33. The summed E-state index contributed by atoms with van der Waals surface area (Å²) in [6.45, 7) is 11.0. The molecule has 1 amide bonds. The highest BCUT2D eigenvalue weighted by Crippen LogP contribution is 2.25. The van der Waals surface area contributed by atoms with Crippen LogP contribution in [0, 0.1) is 5.92 Å². The average Bonchev–Trinajstić information content (AvgIpc) is 2.37. The quantitative estimate of drug-likeness (QED) is 0.593. The van der Waals surface area contributed by atoms with Gasteiger partial charge in [0, 0.05) is 19.2 Å². The molecule has 1 aliphatic heterocycles. The van der Waals surface area contributed by atoms with Crippen LogP contribution in [0.1, 0.15) is 47.5 Å². The van der Waals surface area contributed by atoms with Crippen LogP contribution in [0.3, 0.4) is 0 Å². The average molecular weight is 297 g/mol. The molecule has 1 saturated heterocycles. The zero-order valence-corrected chi connectivity index (χ0v) is 13.8. The number of esters is 1. The van der Waals surface area contributed by atoms with Gasteiger partial charge in [0.15, 0.2) is 0 Å². The van der Waals surface area contributed by atoms with Crippen molar-refractivity contribution in [1.82, 2.24) is 4.90 Å². The number of nitrogens with zero attached hydrogens (tertiary/aromatic N) is 1. The molecule has 0 atom stereocenters. The van der Waals surface area contributed by atoms with Crippen LogP contribution in [0.2, 0.25) is 0 Å². The topological polar surface area (TPSA) is 55.8 Å². The first-order chi connectivity index (χ1) is 9.73. The molecule has 0 bridgehead atoms. The monoisotopic (exact) mass is 297 g/mol. The molecular weight excluding hydrogens is 270 g/mol. The summed E-state index contributed by atoms with van der Waals surface area (Å²) >= 11 is 0. The predicted octanol–water partition coefficient (Wildman–Crippen LogP) is 3.14. The summed E-state index contributed by atoms with van der Waals surface area (Å²) in [4.78, 5) is 25.1. The van der Waals surface area contributed by atoms with Crippen molar-refractivity contribution in [3.05, 3.63) is 11.6 Å². The number of ether oxygens (including phenoxy) is 2. The minimum atomic E-state index is -0.465. The summed E-state index contributed by atoms with van der Waals surface area (Å²) in [5.41, 5.74) is 0.561. The normalized spacial score (nSPS) is 17.6. The highest BCUT2D eigenvalue weighted by Gasteiger charge is 2.27. The second-order valence-corrected chi connectivity index (χ2v) is 6.38. The Balaban J connectivity index is 2.48. The second-order valence-electron chi connectivity index (χ2n) is 6.38. The first kappa shape index (κ1) is 17.5. The van der Waals surface area contributed by atoms with Crippen LogP contribution in [0.4, 0.5) is 4.79 Å². The number of hydrogen-bond donors (Lipinski definition) is 0. The molecule has 0 N–H and O–H groups in total. The Kier molecular flexibility index (Phi) is 6.24. The number of rotatable bonds is 3. The number of hydrogen-bond acceptors (Lipinski definition) is 4. The number of likely N-dealkylation sites (tertiary alicyclic amines) is 1. The van der Waals surface area contributed by atoms with E-state index in [0.717, 1.165) is 18.4 Å². The van der Waals surface area contributed by atoms with Crippen molar-refractivity contribution in [1.29, 1.82) is 0 Å². The molecule has 1 fully saturated rings. The second kappa shape index (κ2) is 7.48. The molecular formula is C16H27NO4. The molecule has 0 unspecified atom stereocenters. The van der Waals surface area contributed by atoms with Crippen LogP contribution in [-0.4, -0.2) is 42.3 Å². The molecule has 5 nitrogen and oxygen atoms in total. The first-order valence-corrected chi connectivity index (χ1v) is 7.55. The maximum absolute atomic E-state index is 12.0. The van der Waals surface area contributed by atoms with Crippen molar-refractivity contribution in [3.8, 4) is 0 Å². The molecule has 1 heterocycles. The van der Waals surface area contributed by atoms with Crippen LogP contribution < -0.4 is 0 Å². The van der Waals surface area contributed by atoms with E-state index in [1.165, 1.54) is 0 Å². The Morgan fingerprint density at radius 1 is 1.24 bits per heavy atom. The van der Waals surface area contributed by atoms with Gasteiger partial charge in [0.05, 0.1) is 6.61 Å². The van der Waals surface area contributed by atoms with Crippen molar-refractivity contribution in [2.45, 2.75) is 53.1 Å². The van der Waals surface area contributed by atoms with E-state index in [0.29, 0.717) is 25.6 Å². The zero-order valence-electron chi connectivity index (χ0n) is 13.8. The third-order valence-electron chi connectivity index (χ3n) is 3.42. The summed E-state index contributed by atoms with van der Waals surface area (Å²) in [7, 11) is 0. The number of amides is 1. The maximum atomic E-state index is 12.0. The molecule has 1 aliphatic rings. The van der Waals surface area contributed by atoms with Crippen LogP contribution in [0.15, 0.2) is 11.6 Å². The molecule has 0 aliphatic carbocycles. The standard InChI is InChI=1S/C16H27NO4/c1-6-20-14(18)11-12(2)13-7-9-17(10-8-13)15(19)21-16(3,4)5/h11,13H,6-10H2,1-5H3/b12-11+. The van der Waals surface area contributed by atoms with E-state index >= 15 is 0 Å². The molecule has 21 heavy (non-hydrogen) atoms. The van der Waals surface area contributed by atoms with Crippen molar-refractivity contribution in [2.75, 3.05) is 19.7 Å². The van der Waals surface area contributed by atoms with E-state index in [2.05, 4.69) is 0 Å². The van der Waals surface area contributed by atoms with Gasteiger partial charge in [-0.2, -0.15) is 0 Å². The molecule has 0 radical (unpaired) electrons. The Bertz CT molecular complexity index is 401. The van der Waals surface area contributed by atoms with Gasteiger partial charge in [-0.05, 0) is 53.4 Å².